The van der Waals surface area contributed by atoms with Gasteiger partial charge < -0.3 is 16.5 Å². The molecule has 13 heavy (non-hydrogen) atoms. The van der Waals surface area contributed by atoms with E-state index in [1.165, 1.54) is 0 Å². The Balaban J connectivity index is 3.10. The van der Waals surface area contributed by atoms with Gasteiger partial charge in [0.05, 0.1) is 11.9 Å². The normalized spacial score (nSPS) is 9.69. The van der Waals surface area contributed by atoms with Crippen molar-refractivity contribution in [2.24, 2.45) is 0 Å². The van der Waals surface area contributed by atoms with Crippen LogP contribution in [0.5, 0.6) is 0 Å². The summed E-state index contributed by atoms with van der Waals surface area (Å²) < 4.78 is 0. The monoisotopic (exact) mass is 178 g/mol. The number of nitrogens with two attached hydrogens (primary N) is 1. The fourth-order valence-electron chi connectivity index (χ4n) is 1.08. The highest BCUT2D eigenvalue weighted by Gasteiger charge is 2.04. The predicted octanol–water partition coefficient (Wildman–Crippen LogP) is 1.48. The average molecular weight is 178 g/mol. The van der Waals surface area contributed by atoms with Crippen LogP contribution in [0.1, 0.15) is 19.4 Å². The van der Waals surface area contributed by atoms with Crippen LogP contribution in [0, 0.1) is 5.41 Å². The lowest BCUT2D eigenvalue weighted by molar-refractivity contribution is 1.15. The van der Waals surface area contributed by atoms with Crippen LogP contribution in [-0.2, 0) is 0 Å². The summed E-state index contributed by atoms with van der Waals surface area (Å²) in [5.41, 5.74) is 7.39. The lowest BCUT2D eigenvalue weighted by atomic mass is 10.1. The van der Waals surface area contributed by atoms with Gasteiger partial charge in [0.25, 0.3) is 0 Å². The lowest BCUT2D eigenvalue weighted by Crippen LogP contribution is -2.07. The van der Waals surface area contributed by atoms with Gasteiger partial charge in [-0.05, 0) is 19.9 Å². The van der Waals surface area contributed by atoms with Gasteiger partial charge in [-0.1, -0.05) is 0 Å². The van der Waals surface area contributed by atoms with E-state index in [1.54, 1.807) is 19.2 Å². The molecule has 1 aromatic heterocycles. The summed E-state index contributed by atoms with van der Waals surface area (Å²) in [7, 11) is 0. The molecule has 0 radical (unpaired) electrons. The molecule has 0 atom stereocenters. The zero-order chi connectivity index (χ0) is 9.84. The van der Waals surface area contributed by atoms with Crippen molar-refractivity contribution in [1.29, 1.82) is 5.41 Å². The third kappa shape index (κ3) is 2.18. The van der Waals surface area contributed by atoms with E-state index in [4.69, 9.17) is 11.1 Å². The Hall–Kier alpha value is -1.58. The summed E-state index contributed by atoms with van der Waals surface area (Å²) in [6, 6.07) is 1.76. The molecule has 0 aliphatic rings. The minimum absolute atomic E-state index is 0.468. The first-order chi connectivity index (χ1) is 6.15. The van der Waals surface area contributed by atoms with Gasteiger partial charge in [0.15, 0.2) is 0 Å². The number of nitrogen functional groups attached to an aromatic ring is 1. The maximum Gasteiger partial charge on any atom is 0.135 e. The van der Waals surface area contributed by atoms with Crippen LogP contribution in [-0.4, -0.2) is 17.2 Å². The van der Waals surface area contributed by atoms with Crippen molar-refractivity contribution in [3.05, 3.63) is 17.8 Å². The molecule has 0 aliphatic heterocycles. The fraction of sp³-hybridized carbons (Fsp3) is 0.333. The second-order valence-corrected chi connectivity index (χ2v) is 2.82. The third-order valence-electron chi connectivity index (χ3n) is 1.66. The van der Waals surface area contributed by atoms with E-state index in [9.17, 15) is 0 Å². The first-order valence-electron chi connectivity index (χ1n) is 4.20. The van der Waals surface area contributed by atoms with Crippen molar-refractivity contribution in [1.82, 2.24) is 4.98 Å². The lowest BCUT2D eigenvalue weighted by Gasteiger charge is -2.08. The van der Waals surface area contributed by atoms with E-state index < -0.39 is 0 Å². The number of pyridine rings is 1. The molecule has 0 unspecified atom stereocenters. The molecule has 0 saturated heterocycles. The maximum atomic E-state index is 7.52. The highest BCUT2D eigenvalue weighted by molar-refractivity contribution is 6.01. The first kappa shape index (κ1) is 9.51. The summed E-state index contributed by atoms with van der Waals surface area (Å²) in [4.78, 5) is 4.11. The number of hydrogen-bond acceptors (Lipinski definition) is 4. The largest absolute Gasteiger partial charge is 0.397 e. The molecule has 4 N–H and O–H groups in total. The Kier molecular flexibility index (Phi) is 2.84. The standard InChI is InChI=1S/C9H14N4/c1-3-12-9-8(6(2)10)4-7(11)5-13-9/h4-5,10H,3,11H2,1-2H3,(H,12,13). The van der Waals surface area contributed by atoms with Gasteiger partial charge in [-0.15, -0.1) is 0 Å². The van der Waals surface area contributed by atoms with Gasteiger partial charge in [-0.25, -0.2) is 4.98 Å². The molecule has 0 spiro atoms. The molecule has 0 fully saturated rings. The van der Waals surface area contributed by atoms with Gasteiger partial charge in [0.2, 0.25) is 0 Å². The Labute approximate surface area is 77.7 Å². The van der Waals surface area contributed by atoms with E-state index in [1.807, 2.05) is 6.92 Å². The van der Waals surface area contributed by atoms with E-state index in [-0.39, 0.29) is 0 Å². The molecule has 1 heterocycles. The summed E-state index contributed by atoms with van der Waals surface area (Å²) >= 11 is 0. The van der Waals surface area contributed by atoms with Crippen LogP contribution in [0.3, 0.4) is 0 Å². The SMILES string of the molecule is CCNc1ncc(N)cc1C(C)=N. The smallest absolute Gasteiger partial charge is 0.135 e. The summed E-state index contributed by atoms with van der Waals surface area (Å²) in [6.45, 7) is 4.50. The van der Waals surface area contributed by atoms with Crippen molar-refractivity contribution < 1.29 is 0 Å². The molecular weight excluding hydrogens is 164 g/mol. The van der Waals surface area contributed by atoms with Crippen molar-refractivity contribution in [3.8, 4) is 0 Å². The molecular formula is C9H14N4. The van der Waals surface area contributed by atoms with Crippen LogP contribution in [0.2, 0.25) is 0 Å². The van der Waals surface area contributed by atoms with E-state index >= 15 is 0 Å². The van der Waals surface area contributed by atoms with Crippen molar-refractivity contribution in [2.75, 3.05) is 17.6 Å². The molecule has 0 saturated carbocycles. The van der Waals surface area contributed by atoms with Crippen LogP contribution >= 0.6 is 0 Å². The van der Waals surface area contributed by atoms with Gasteiger partial charge in [0.1, 0.15) is 5.82 Å². The number of rotatable bonds is 3. The van der Waals surface area contributed by atoms with Crippen LogP contribution in [0.4, 0.5) is 11.5 Å². The van der Waals surface area contributed by atoms with Crippen LogP contribution < -0.4 is 11.1 Å². The molecule has 0 aliphatic carbocycles. The summed E-state index contributed by atoms with van der Waals surface area (Å²) in [5, 5.41) is 10.6. The van der Waals surface area contributed by atoms with Gasteiger partial charge in [-0.3, -0.25) is 0 Å². The van der Waals surface area contributed by atoms with Gasteiger partial charge in [0, 0.05) is 17.8 Å². The molecule has 0 bridgehead atoms. The number of anilines is 2. The molecule has 4 nitrogen and oxygen atoms in total. The molecule has 1 aromatic rings. The minimum atomic E-state index is 0.468. The van der Waals surface area contributed by atoms with E-state index in [0.29, 0.717) is 11.4 Å². The van der Waals surface area contributed by atoms with Crippen LogP contribution in [0.25, 0.3) is 0 Å². The van der Waals surface area contributed by atoms with Crippen molar-refractivity contribution in [2.45, 2.75) is 13.8 Å². The molecule has 1 rings (SSSR count). The van der Waals surface area contributed by atoms with Crippen molar-refractivity contribution >= 4 is 17.2 Å². The second kappa shape index (κ2) is 3.89. The Morgan fingerprint density at radius 3 is 2.92 bits per heavy atom. The minimum Gasteiger partial charge on any atom is -0.397 e. The number of aromatic nitrogens is 1. The summed E-state index contributed by atoms with van der Waals surface area (Å²) in [6.07, 6.45) is 1.59. The topological polar surface area (TPSA) is 74.8 Å². The first-order valence-corrected chi connectivity index (χ1v) is 4.20. The Morgan fingerprint density at radius 2 is 2.38 bits per heavy atom. The third-order valence-corrected chi connectivity index (χ3v) is 1.66. The number of hydrogen-bond donors (Lipinski definition) is 3. The quantitative estimate of drug-likeness (QED) is 0.614. The maximum absolute atomic E-state index is 7.52. The predicted molar refractivity (Wildman–Crippen MR) is 55.3 cm³/mol. The Morgan fingerprint density at radius 1 is 1.69 bits per heavy atom. The molecule has 70 valence electrons. The molecule has 4 heteroatoms. The number of nitrogens with zero attached hydrogens (tertiary/aromatic N) is 1. The molecule has 0 aromatic carbocycles. The fourth-order valence-corrected chi connectivity index (χ4v) is 1.08. The Bertz CT molecular complexity index is 319. The highest BCUT2D eigenvalue weighted by atomic mass is 15.0. The highest BCUT2D eigenvalue weighted by Crippen LogP contribution is 2.15. The van der Waals surface area contributed by atoms with Crippen molar-refractivity contribution in [3.63, 3.8) is 0 Å². The zero-order valence-electron chi connectivity index (χ0n) is 7.89. The van der Waals surface area contributed by atoms with Gasteiger partial charge >= 0.3 is 0 Å². The average Bonchev–Trinajstić information content (AvgIpc) is 2.08. The van der Waals surface area contributed by atoms with Crippen LogP contribution in [0.15, 0.2) is 12.3 Å². The molecule has 0 amide bonds. The summed E-state index contributed by atoms with van der Waals surface area (Å²) in [5.74, 6) is 0.726. The second-order valence-electron chi connectivity index (χ2n) is 2.82. The van der Waals surface area contributed by atoms with Gasteiger partial charge in [-0.2, -0.15) is 0 Å². The number of nitrogens with one attached hydrogen (secondary N) is 2. The van der Waals surface area contributed by atoms with E-state index in [2.05, 4.69) is 10.3 Å². The zero-order valence-corrected chi connectivity index (χ0v) is 7.89. The van der Waals surface area contributed by atoms with E-state index in [0.717, 1.165) is 17.9 Å².